The van der Waals surface area contributed by atoms with Gasteiger partial charge in [0.25, 0.3) is 0 Å². The molecule has 23 heavy (non-hydrogen) atoms. The third-order valence-electron chi connectivity index (χ3n) is 4.54. The average Bonchev–Trinajstić information content (AvgIpc) is 3.16. The van der Waals surface area contributed by atoms with Crippen LogP contribution in [0.15, 0.2) is 54.9 Å². The van der Waals surface area contributed by atoms with Crippen LogP contribution in [0.4, 0.5) is 0 Å². The summed E-state index contributed by atoms with van der Waals surface area (Å²) in [5.74, 6) is 0.251. The van der Waals surface area contributed by atoms with Crippen molar-refractivity contribution in [2.45, 2.75) is 12.3 Å². The Bertz CT molecular complexity index is 967. The molecule has 2 heterocycles. The average molecular weight is 324 g/mol. The van der Waals surface area contributed by atoms with Gasteiger partial charge in [-0.3, -0.25) is 0 Å². The van der Waals surface area contributed by atoms with E-state index in [4.69, 9.17) is 17.3 Å². The molecule has 4 aromatic rings. The summed E-state index contributed by atoms with van der Waals surface area (Å²) in [6.07, 6.45) is 5.06. The topological polar surface area (TPSA) is 57.6 Å². The summed E-state index contributed by atoms with van der Waals surface area (Å²) in [4.78, 5) is 6.66. The van der Waals surface area contributed by atoms with Crippen molar-refractivity contribution in [3.63, 3.8) is 0 Å². The van der Waals surface area contributed by atoms with Gasteiger partial charge in [-0.1, -0.05) is 29.8 Å². The van der Waals surface area contributed by atoms with Gasteiger partial charge >= 0.3 is 0 Å². The maximum Gasteiger partial charge on any atom is 0.0457 e. The first-order chi connectivity index (χ1) is 11.3. The Balaban J connectivity index is 1.74. The summed E-state index contributed by atoms with van der Waals surface area (Å²) in [5.41, 5.74) is 10.9. The summed E-state index contributed by atoms with van der Waals surface area (Å²) in [7, 11) is 0. The zero-order valence-corrected chi connectivity index (χ0v) is 13.4. The minimum atomic E-state index is 0.251. The number of hydrogen-bond donors (Lipinski definition) is 3. The van der Waals surface area contributed by atoms with Crippen molar-refractivity contribution >= 4 is 33.4 Å². The van der Waals surface area contributed by atoms with Crippen LogP contribution < -0.4 is 5.73 Å². The number of aromatic nitrogens is 2. The number of aromatic amines is 2. The Morgan fingerprint density at radius 1 is 0.957 bits per heavy atom. The number of H-pyrrole nitrogens is 2. The molecule has 4 rings (SSSR count). The van der Waals surface area contributed by atoms with Crippen LogP contribution >= 0.6 is 11.6 Å². The molecule has 2 aromatic heterocycles. The minimum Gasteiger partial charge on any atom is -0.361 e. The highest BCUT2D eigenvalue weighted by Gasteiger charge is 2.17. The van der Waals surface area contributed by atoms with Gasteiger partial charge in [0.05, 0.1) is 0 Å². The van der Waals surface area contributed by atoms with Crippen LogP contribution in [0.3, 0.4) is 0 Å². The first-order valence-electron chi connectivity index (χ1n) is 7.78. The van der Waals surface area contributed by atoms with Gasteiger partial charge in [-0.2, -0.15) is 0 Å². The molecule has 0 radical (unpaired) electrons. The van der Waals surface area contributed by atoms with Crippen molar-refractivity contribution in [3.8, 4) is 0 Å². The van der Waals surface area contributed by atoms with Crippen molar-refractivity contribution < 1.29 is 0 Å². The zero-order valence-electron chi connectivity index (χ0n) is 12.6. The van der Waals surface area contributed by atoms with Crippen molar-refractivity contribution in [3.05, 3.63) is 71.0 Å². The zero-order chi connectivity index (χ0) is 15.8. The molecule has 3 nitrogen and oxygen atoms in total. The monoisotopic (exact) mass is 323 g/mol. The molecule has 4 heteroatoms. The molecule has 0 fully saturated rings. The van der Waals surface area contributed by atoms with Gasteiger partial charge in [0.2, 0.25) is 0 Å². The molecule has 0 saturated heterocycles. The normalized spacial score (nSPS) is 13.0. The molecule has 0 bridgehead atoms. The summed E-state index contributed by atoms with van der Waals surface area (Å²) >= 11 is 6.17. The second kappa shape index (κ2) is 5.76. The van der Waals surface area contributed by atoms with E-state index >= 15 is 0 Å². The lowest BCUT2D eigenvalue weighted by atomic mass is 9.91. The number of rotatable bonds is 4. The standard InChI is InChI=1S/C19H18ClN3/c20-14-5-6-19-16(8-14)17(11-23-19)12(9-21)7-13-10-22-18-4-2-1-3-15(13)18/h1-6,8,10-12,22-23H,7,9,21H2. The maximum absolute atomic E-state index is 6.17. The molecule has 116 valence electrons. The SMILES string of the molecule is NCC(Cc1c[nH]c2ccccc12)c1c[nH]c2ccc(Cl)cc12. The van der Waals surface area contributed by atoms with Crippen LogP contribution in [0.1, 0.15) is 17.0 Å². The largest absolute Gasteiger partial charge is 0.361 e. The van der Waals surface area contributed by atoms with E-state index in [9.17, 15) is 0 Å². The van der Waals surface area contributed by atoms with Crippen LogP contribution in [0.2, 0.25) is 5.02 Å². The Hall–Kier alpha value is -2.23. The van der Waals surface area contributed by atoms with Crippen LogP contribution in [0.25, 0.3) is 21.8 Å². The van der Waals surface area contributed by atoms with Gasteiger partial charge in [0.1, 0.15) is 0 Å². The van der Waals surface area contributed by atoms with Gasteiger partial charge in [-0.05, 0) is 48.4 Å². The lowest BCUT2D eigenvalue weighted by Crippen LogP contribution is -2.14. The molecule has 0 aliphatic heterocycles. The lowest BCUT2D eigenvalue weighted by Gasteiger charge is -2.14. The van der Waals surface area contributed by atoms with Crippen molar-refractivity contribution in [2.75, 3.05) is 6.54 Å². The fourth-order valence-corrected chi connectivity index (χ4v) is 3.51. The lowest BCUT2D eigenvalue weighted by molar-refractivity contribution is 0.702. The number of fused-ring (bicyclic) bond motifs is 2. The molecule has 0 amide bonds. The molecule has 1 atom stereocenters. The minimum absolute atomic E-state index is 0.251. The fourth-order valence-electron chi connectivity index (χ4n) is 3.34. The summed E-state index contributed by atoms with van der Waals surface area (Å²) in [5, 5.41) is 3.18. The van der Waals surface area contributed by atoms with Crippen molar-refractivity contribution in [1.82, 2.24) is 9.97 Å². The van der Waals surface area contributed by atoms with Crippen LogP contribution in [-0.4, -0.2) is 16.5 Å². The number of nitrogens with two attached hydrogens (primary N) is 1. The van der Waals surface area contributed by atoms with E-state index in [1.165, 1.54) is 22.0 Å². The van der Waals surface area contributed by atoms with Gasteiger partial charge in [-0.15, -0.1) is 0 Å². The van der Waals surface area contributed by atoms with Crippen molar-refractivity contribution in [2.24, 2.45) is 5.73 Å². The van der Waals surface area contributed by atoms with E-state index < -0.39 is 0 Å². The van der Waals surface area contributed by atoms with Gasteiger partial charge in [-0.25, -0.2) is 0 Å². The predicted octanol–water partition coefficient (Wildman–Crippen LogP) is 4.59. The Labute approximate surface area is 139 Å². The molecular weight excluding hydrogens is 306 g/mol. The molecular formula is C19H18ClN3. The predicted molar refractivity (Wildman–Crippen MR) is 97.1 cm³/mol. The van der Waals surface area contributed by atoms with E-state index in [1.807, 2.05) is 24.3 Å². The first-order valence-corrected chi connectivity index (χ1v) is 8.15. The molecule has 0 aliphatic rings. The molecule has 0 aliphatic carbocycles. The van der Waals surface area contributed by atoms with E-state index in [0.717, 1.165) is 22.3 Å². The molecule has 1 unspecified atom stereocenters. The Kier molecular flexibility index (Phi) is 3.60. The second-order valence-electron chi connectivity index (χ2n) is 5.93. The smallest absolute Gasteiger partial charge is 0.0457 e. The van der Waals surface area contributed by atoms with E-state index in [0.29, 0.717) is 6.54 Å². The number of para-hydroxylation sites is 1. The molecule has 0 spiro atoms. The van der Waals surface area contributed by atoms with Gasteiger partial charge in [0.15, 0.2) is 0 Å². The highest BCUT2D eigenvalue weighted by molar-refractivity contribution is 6.31. The van der Waals surface area contributed by atoms with Crippen LogP contribution in [-0.2, 0) is 6.42 Å². The summed E-state index contributed by atoms with van der Waals surface area (Å²) in [6.45, 7) is 0.596. The number of halogens is 1. The van der Waals surface area contributed by atoms with Gasteiger partial charge < -0.3 is 15.7 Å². The second-order valence-corrected chi connectivity index (χ2v) is 6.37. The molecule has 4 N–H and O–H groups in total. The Morgan fingerprint density at radius 3 is 2.61 bits per heavy atom. The quantitative estimate of drug-likeness (QED) is 0.505. The van der Waals surface area contributed by atoms with Gasteiger partial charge in [0, 0.05) is 45.1 Å². The molecule has 0 saturated carbocycles. The number of hydrogen-bond acceptors (Lipinski definition) is 1. The molecule has 2 aromatic carbocycles. The summed E-state index contributed by atoms with van der Waals surface area (Å²) in [6, 6.07) is 14.3. The fraction of sp³-hybridized carbons (Fsp3) is 0.158. The van der Waals surface area contributed by atoms with E-state index in [1.54, 1.807) is 0 Å². The highest BCUT2D eigenvalue weighted by atomic mass is 35.5. The van der Waals surface area contributed by atoms with E-state index in [2.05, 4.69) is 40.6 Å². The van der Waals surface area contributed by atoms with Crippen LogP contribution in [0, 0.1) is 0 Å². The maximum atomic E-state index is 6.17. The third-order valence-corrected chi connectivity index (χ3v) is 4.78. The highest BCUT2D eigenvalue weighted by Crippen LogP contribution is 2.31. The first kappa shape index (κ1) is 14.4. The number of benzene rings is 2. The third kappa shape index (κ3) is 2.52. The van der Waals surface area contributed by atoms with Crippen LogP contribution in [0.5, 0.6) is 0 Å². The van der Waals surface area contributed by atoms with Crippen molar-refractivity contribution in [1.29, 1.82) is 0 Å². The number of nitrogens with one attached hydrogen (secondary N) is 2. The summed E-state index contributed by atoms with van der Waals surface area (Å²) < 4.78 is 0. The Morgan fingerprint density at radius 2 is 1.74 bits per heavy atom. The van der Waals surface area contributed by atoms with E-state index in [-0.39, 0.29) is 5.92 Å².